The van der Waals surface area contributed by atoms with Crippen LogP contribution in [0, 0.1) is 5.82 Å². The summed E-state index contributed by atoms with van der Waals surface area (Å²) in [6, 6.07) is 6.27. The van der Waals surface area contributed by atoms with Crippen molar-refractivity contribution in [3.63, 3.8) is 0 Å². The maximum atomic E-state index is 12.9. The molecule has 1 saturated heterocycles. The smallest absolute Gasteiger partial charge is 0.225 e. The molecule has 0 spiro atoms. The molecule has 1 unspecified atom stereocenters. The number of carbonyl (C=O) groups is 1. The first-order valence-electron chi connectivity index (χ1n) is 4.41. The van der Waals surface area contributed by atoms with E-state index < -0.39 is 0 Å². The Morgan fingerprint density at radius 2 is 2.29 bits per heavy atom. The third-order valence-corrected chi connectivity index (χ3v) is 2.36. The molecule has 1 aromatic carbocycles. The molecule has 1 N–H and O–H groups in total. The average molecular weight is 191 g/mol. The van der Waals surface area contributed by atoms with E-state index >= 15 is 0 Å². The number of hydrogen-bond acceptors (Lipinski definition) is 1. The normalized spacial score (nSPS) is 21.1. The molecule has 2 rings (SSSR count). The second kappa shape index (κ2) is 3.25. The van der Waals surface area contributed by atoms with E-state index in [-0.39, 0.29) is 17.6 Å². The van der Waals surface area contributed by atoms with E-state index in [1.165, 1.54) is 12.1 Å². The minimum atomic E-state index is -0.283. The number of hydrogen-bond donors (Lipinski definition) is 1. The van der Waals surface area contributed by atoms with Gasteiger partial charge in [0.1, 0.15) is 5.82 Å². The molecule has 0 radical (unpaired) electrons. The number of carbonyl (C=O) groups excluding carboxylic acids is 1. The quantitative estimate of drug-likeness (QED) is 0.722. The lowest BCUT2D eigenvalue weighted by molar-refractivity contribution is -0.118. The summed E-state index contributed by atoms with van der Waals surface area (Å²) in [6.07, 6.45) is 0.363. The highest BCUT2D eigenvalue weighted by atomic mass is 19.1. The Balaban J connectivity index is 2.31. The molecule has 1 aromatic rings. The molecule has 0 aromatic heterocycles. The first-order chi connectivity index (χ1) is 6.66. The molecule has 0 bridgehead atoms. The summed E-state index contributed by atoms with van der Waals surface area (Å²) in [6.45, 7) is 3.74. The molecule has 1 heterocycles. The molecule has 14 heavy (non-hydrogen) atoms. The third kappa shape index (κ3) is 1.53. The van der Waals surface area contributed by atoms with E-state index in [0.29, 0.717) is 12.1 Å². The lowest BCUT2D eigenvalue weighted by atomic mass is 9.96. The molecule has 1 aliphatic heterocycles. The van der Waals surface area contributed by atoms with Crippen LogP contribution in [0.2, 0.25) is 0 Å². The van der Waals surface area contributed by atoms with Gasteiger partial charge in [-0.3, -0.25) is 4.79 Å². The largest absolute Gasteiger partial charge is 0.330 e. The van der Waals surface area contributed by atoms with Crippen LogP contribution in [0.5, 0.6) is 0 Å². The molecule has 72 valence electrons. The number of benzene rings is 1. The van der Waals surface area contributed by atoms with Crippen LogP contribution in [0.15, 0.2) is 36.5 Å². The van der Waals surface area contributed by atoms with Gasteiger partial charge in [0.05, 0.1) is 0 Å². The van der Waals surface area contributed by atoms with Crippen LogP contribution in [-0.2, 0) is 4.79 Å². The summed E-state index contributed by atoms with van der Waals surface area (Å²) in [5.41, 5.74) is 1.45. The van der Waals surface area contributed by atoms with Gasteiger partial charge in [0.2, 0.25) is 5.91 Å². The summed E-state index contributed by atoms with van der Waals surface area (Å²) < 4.78 is 12.9. The van der Waals surface area contributed by atoms with E-state index in [9.17, 15) is 9.18 Å². The van der Waals surface area contributed by atoms with E-state index in [1.54, 1.807) is 12.1 Å². The fourth-order valence-corrected chi connectivity index (χ4v) is 1.67. The SMILES string of the molecule is C=C1NC(=O)CC1c1cccc(F)c1. The molecular formula is C11H10FNO. The fraction of sp³-hybridized carbons (Fsp3) is 0.182. The summed E-state index contributed by atoms with van der Waals surface area (Å²) in [4.78, 5) is 11.1. The predicted molar refractivity (Wildman–Crippen MR) is 51.0 cm³/mol. The minimum Gasteiger partial charge on any atom is -0.330 e. The van der Waals surface area contributed by atoms with E-state index in [2.05, 4.69) is 11.9 Å². The first kappa shape index (κ1) is 8.94. The average Bonchev–Trinajstić information content (AvgIpc) is 2.45. The molecule has 0 aliphatic carbocycles. The number of allylic oxidation sites excluding steroid dienone is 1. The van der Waals surface area contributed by atoms with Gasteiger partial charge in [-0.1, -0.05) is 18.7 Å². The first-order valence-corrected chi connectivity index (χ1v) is 4.41. The van der Waals surface area contributed by atoms with Crippen LogP contribution in [0.3, 0.4) is 0 Å². The third-order valence-electron chi connectivity index (χ3n) is 2.36. The number of halogens is 1. The molecule has 1 amide bonds. The maximum Gasteiger partial charge on any atom is 0.225 e. The molecular weight excluding hydrogens is 181 g/mol. The second-order valence-corrected chi connectivity index (χ2v) is 3.39. The van der Waals surface area contributed by atoms with Crippen molar-refractivity contribution in [2.24, 2.45) is 0 Å². The zero-order valence-corrected chi connectivity index (χ0v) is 7.59. The maximum absolute atomic E-state index is 12.9. The highest BCUT2D eigenvalue weighted by molar-refractivity contribution is 5.83. The van der Waals surface area contributed by atoms with E-state index in [1.807, 2.05) is 0 Å². The Morgan fingerprint density at radius 3 is 2.86 bits per heavy atom. The lowest BCUT2D eigenvalue weighted by Gasteiger charge is -2.08. The Kier molecular flexibility index (Phi) is 2.08. The highest BCUT2D eigenvalue weighted by Crippen LogP contribution is 2.30. The van der Waals surface area contributed by atoms with Crippen molar-refractivity contribution in [2.45, 2.75) is 12.3 Å². The zero-order chi connectivity index (χ0) is 10.1. The van der Waals surface area contributed by atoms with Gasteiger partial charge in [-0.25, -0.2) is 4.39 Å². The van der Waals surface area contributed by atoms with Gasteiger partial charge in [-0.2, -0.15) is 0 Å². The van der Waals surface area contributed by atoms with Crippen molar-refractivity contribution in [3.05, 3.63) is 47.9 Å². The van der Waals surface area contributed by atoms with Crippen LogP contribution < -0.4 is 5.32 Å². The summed E-state index contributed by atoms with van der Waals surface area (Å²) in [5, 5.41) is 2.63. The van der Waals surface area contributed by atoms with Crippen LogP contribution in [-0.4, -0.2) is 5.91 Å². The van der Waals surface area contributed by atoms with E-state index in [4.69, 9.17) is 0 Å². The lowest BCUT2D eigenvalue weighted by Crippen LogP contribution is -2.11. The summed E-state index contributed by atoms with van der Waals surface area (Å²) in [7, 11) is 0. The van der Waals surface area contributed by atoms with Crippen LogP contribution >= 0.6 is 0 Å². The molecule has 1 aliphatic rings. The van der Waals surface area contributed by atoms with Crippen molar-refractivity contribution in [1.82, 2.24) is 5.32 Å². The standard InChI is InChI=1S/C11H10FNO/c1-7-10(6-11(14)13-7)8-3-2-4-9(12)5-8/h2-5,10H,1,6H2,(H,13,14). The van der Waals surface area contributed by atoms with Gasteiger partial charge in [0, 0.05) is 18.0 Å². The van der Waals surface area contributed by atoms with Gasteiger partial charge in [0.15, 0.2) is 0 Å². The Hall–Kier alpha value is -1.64. The van der Waals surface area contributed by atoms with Gasteiger partial charge < -0.3 is 5.32 Å². The highest BCUT2D eigenvalue weighted by Gasteiger charge is 2.26. The Bertz CT molecular complexity index is 400. The van der Waals surface area contributed by atoms with Gasteiger partial charge >= 0.3 is 0 Å². The Morgan fingerprint density at radius 1 is 1.50 bits per heavy atom. The second-order valence-electron chi connectivity index (χ2n) is 3.39. The number of amides is 1. The minimum absolute atomic E-state index is 0.0516. The van der Waals surface area contributed by atoms with Crippen molar-refractivity contribution in [2.75, 3.05) is 0 Å². The predicted octanol–water partition coefficient (Wildman–Crippen LogP) is 1.94. The van der Waals surface area contributed by atoms with Crippen molar-refractivity contribution < 1.29 is 9.18 Å². The summed E-state index contributed by atoms with van der Waals surface area (Å²) >= 11 is 0. The zero-order valence-electron chi connectivity index (χ0n) is 7.59. The van der Waals surface area contributed by atoms with Crippen LogP contribution in [0.1, 0.15) is 17.9 Å². The van der Waals surface area contributed by atoms with Crippen molar-refractivity contribution >= 4 is 5.91 Å². The van der Waals surface area contributed by atoms with Gasteiger partial charge in [-0.15, -0.1) is 0 Å². The fourth-order valence-electron chi connectivity index (χ4n) is 1.67. The number of nitrogens with one attached hydrogen (secondary N) is 1. The number of rotatable bonds is 1. The van der Waals surface area contributed by atoms with Gasteiger partial charge in [0.25, 0.3) is 0 Å². The topological polar surface area (TPSA) is 29.1 Å². The summed E-state index contributed by atoms with van der Waals surface area (Å²) in [5.74, 6) is -0.419. The van der Waals surface area contributed by atoms with Crippen molar-refractivity contribution in [3.8, 4) is 0 Å². The molecule has 2 nitrogen and oxygen atoms in total. The van der Waals surface area contributed by atoms with Crippen LogP contribution in [0.4, 0.5) is 4.39 Å². The van der Waals surface area contributed by atoms with Crippen LogP contribution in [0.25, 0.3) is 0 Å². The molecule has 0 saturated carbocycles. The monoisotopic (exact) mass is 191 g/mol. The van der Waals surface area contributed by atoms with Gasteiger partial charge in [-0.05, 0) is 17.7 Å². The molecule has 1 atom stereocenters. The van der Waals surface area contributed by atoms with Crippen molar-refractivity contribution in [1.29, 1.82) is 0 Å². The Labute approximate surface area is 81.4 Å². The molecule has 1 fully saturated rings. The van der Waals surface area contributed by atoms with E-state index in [0.717, 1.165) is 5.56 Å². The molecule has 3 heteroatoms.